The summed E-state index contributed by atoms with van der Waals surface area (Å²) >= 11 is 0. The number of carbonyl (C=O) groups is 1. The third-order valence-electron chi connectivity index (χ3n) is 4.19. The molecule has 7 nitrogen and oxygen atoms in total. The van der Waals surface area contributed by atoms with Gasteiger partial charge in [0.1, 0.15) is 16.9 Å². The van der Waals surface area contributed by atoms with Crippen molar-refractivity contribution in [1.82, 2.24) is 15.1 Å². The second-order valence-corrected chi connectivity index (χ2v) is 7.98. The maximum absolute atomic E-state index is 12.7. The van der Waals surface area contributed by atoms with E-state index in [9.17, 15) is 9.59 Å². The summed E-state index contributed by atoms with van der Waals surface area (Å²) < 4.78 is 13.1. The molecule has 0 fully saturated rings. The Balaban J connectivity index is 2.07. The minimum atomic E-state index is -0.599. The molecule has 2 aromatic heterocycles. The number of aryl methyl sites for hydroxylation is 2. The van der Waals surface area contributed by atoms with Gasteiger partial charge in [0.15, 0.2) is 5.43 Å². The molecule has 3 rings (SSSR count). The summed E-state index contributed by atoms with van der Waals surface area (Å²) in [5.74, 6) is 0.431. The van der Waals surface area contributed by atoms with Gasteiger partial charge in [0.2, 0.25) is 0 Å². The van der Waals surface area contributed by atoms with E-state index in [0.29, 0.717) is 27.9 Å². The summed E-state index contributed by atoms with van der Waals surface area (Å²) in [6.07, 6.45) is 2.89. The first-order valence-corrected chi connectivity index (χ1v) is 9.10. The number of fused-ring (bicyclic) bond motifs is 1. The van der Waals surface area contributed by atoms with E-state index in [1.54, 1.807) is 51.0 Å². The maximum atomic E-state index is 12.7. The number of benzene rings is 1. The zero-order valence-electron chi connectivity index (χ0n) is 17.0. The van der Waals surface area contributed by atoms with Gasteiger partial charge in [0.05, 0.1) is 23.2 Å². The average molecular weight is 383 g/mol. The number of hydrogen-bond donors (Lipinski definition) is 1. The van der Waals surface area contributed by atoms with Crippen LogP contribution < -0.4 is 10.7 Å². The van der Waals surface area contributed by atoms with Crippen LogP contribution in [0.3, 0.4) is 0 Å². The van der Waals surface area contributed by atoms with Crippen molar-refractivity contribution in [2.45, 2.75) is 46.3 Å². The van der Waals surface area contributed by atoms with Gasteiger partial charge in [-0.25, -0.2) is 4.79 Å². The Hall–Kier alpha value is -3.09. The molecule has 0 saturated heterocycles. The summed E-state index contributed by atoms with van der Waals surface area (Å²) in [7, 11) is 1.80. The van der Waals surface area contributed by atoms with Gasteiger partial charge in [0.25, 0.3) is 0 Å². The van der Waals surface area contributed by atoms with Crippen LogP contribution in [0.15, 0.2) is 39.8 Å². The first-order chi connectivity index (χ1) is 13.0. The van der Waals surface area contributed by atoms with Gasteiger partial charge in [-0.05, 0) is 46.2 Å². The number of ether oxygens (including phenoxy) is 1. The van der Waals surface area contributed by atoms with Crippen LogP contribution in [0.4, 0.5) is 4.79 Å². The highest BCUT2D eigenvalue weighted by Crippen LogP contribution is 2.28. The van der Waals surface area contributed by atoms with Gasteiger partial charge in [-0.3, -0.25) is 9.48 Å². The minimum Gasteiger partial charge on any atom is -0.455 e. The van der Waals surface area contributed by atoms with Crippen LogP contribution in [0.25, 0.3) is 22.3 Å². The summed E-state index contributed by atoms with van der Waals surface area (Å²) in [5, 5.41) is 7.42. The molecule has 1 aromatic carbocycles. The lowest BCUT2D eigenvalue weighted by atomic mass is 10.0. The second kappa shape index (κ2) is 7.14. The molecular weight excluding hydrogens is 358 g/mol. The Morgan fingerprint density at radius 3 is 2.61 bits per heavy atom. The number of nitrogens with one attached hydrogen (secondary N) is 1. The highest BCUT2D eigenvalue weighted by Gasteiger charge is 2.21. The molecule has 1 atom stereocenters. The van der Waals surface area contributed by atoms with E-state index in [1.807, 2.05) is 19.9 Å². The van der Waals surface area contributed by atoms with E-state index >= 15 is 0 Å². The van der Waals surface area contributed by atoms with Gasteiger partial charge in [-0.15, -0.1) is 0 Å². The number of rotatable bonds is 3. The highest BCUT2D eigenvalue weighted by atomic mass is 16.6. The summed E-state index contributed by atoms with van der Waals surface area (Å²) in [5.41, 5.74) is 2.03. The largest absolute Gasteiger partial charge is 0.455 e. The van der Waals surface area contributed by atoms with Crippen LogP contribution in [-0.4, -0.2) is 21.5 Å². The number of amides is 1. The third-order valence-corrected chi connectivity index (χ3v) is 4.19. The molecule has 3 aromatic rings. The Kier molecular flexibility index (Phi) is 5.02. The van der Waals surface area contributed by atoms with Crippen molar-refractivity contribution in [1.29, 1.82) is 0 Å². The molecule has 0 radical (unpaired) electrons. The van der Waals surface area contributed by atoms with Gasteiger partial charge < -0.3 is 14.5 Å². The second-order valence-electron chi connectivity index (χ2n) is 7.98. The minimum absolute atomic E-state index is 0.144. The molecule has 2 heterocycles. The average Bonchev–Trinajstić information content (AvgIpc) is 2.99. The van der Waals surface area contributed by atoms with Crippen LogP contribution in [0.5, 0.6) is 0 Å². The van der Waals surface area contributed by atoms with Gasteiger partial charge in [0, 0.05) is 24.9 Å². The number of alkyl carbamates (subject to hydrolysis) is 1. The molecule has 7 heteroatoms. The Bertz CT molecular complexity index is 1090. The van der Waals surface area contributed by atoms with Crippen molar-refractivity contribution in [3.8, 4) is 11.3 Å². The zero-order chi connectivity index (χ0) is 20.6. The van der Waals surface area contributed by atoms with E-state index in [-0.39, 0.29) is 5.43 Å². The molecule has 0 aliphatic heterocycles. The fourth-order valence-electron chi connectivity index (χ4n) is 3.01. The number of nitrogens with zero attached hydrogens (tertiary/aromatic N) is 2. The van der Waals surface area contributed by atoms with Crippen molar-refractivity contribution in [3.63, 3.8) is 0 Å². The molecule has 0 aliphatic carbocycles. The van der Waals surface area contributed by atoms with Crippen LogP contribution in [0, 0.1) is 6.92 Å². The fourth-order valence-corrected chi connectivity index (χ4v) is 3.01. The van der Waals surface area contributed by atoms with Gasteiger partial charge in [-0.1, -0.05) is 6.07 Å². The number of aromatic nitrogens is 2. The molecule has 0 saturated carbocycles. The van der Waals surface area contributed by atoms with Gasteiger partial charge in [-0.2, -0.15) is 5.10 Å². The Morgan fingerprint density at radius 2 is 2.00 bits per heavy atom. The standard InChI is InChI=1S/C21H25N3O4/c1-12-7-15(13(2)23-20(26)28-21(3,4)5)19-16(8-12)17(25)9-18(27-19)14-10-22-24(6)11-14/h7-11,13H,1-6H3,(H,23,26). The smallest absolute Gasteiger partial charge is 0.408 e. The summed E-state index contributed by atoms with van der Waals surface area (Å²) in [6, 6.07) is 4.75. The molecule has 1 unspecified atom stereocenters. The summed E-state index contributed by atoms with van der Waals surface area (Å²) in [4.78, 5) is 24.9. The molecule has 0 aliphatic rings. The maximum Gasteiger partial charge on any atom is 0.408 e. The molecule has 1 amide bonds. The molecule has 1 N–H and O–H groups in total. The lowest BCUT2D eigenvalue weighted by molar-refractivity contribution is 0.0508. The van der Waals surface area contributed by atoms with Crippen LogP contribution >= 0.6 is 0 Å². The van der Waals surface area contributed by atoms with E-state index in [0.717, 1.165) is 5.56 Å². The fraction of sp³-hybridized carbons (Fsp3) is 0.381. The molecule has 148 valence electrons. The quantitative estimate of drug-likeness (QED) is 0.736. The molecular formula is C21H25N3O4. The SMILES string of the molecule is Cc1cc(C(C)NC(=O)OC(C)(C)C)c2oc(-c3cnn(C)c3)cc(=O)c2c1. The van der Waals surface area contributed by atoms with Gasteiger partial charge >= 0.3 is 6.09 Å². The zero-order valence-corrected chi connectivity index (χ0v) is 17.0. The predicted molar refractivity (Wildman–Crippen MR) is 107 cm³/mol. The van der Waals surface area contributed by atoms with Crippen LogP contribution in [-0.2, 0) is 11.8 Å². The van der Waals surface area contributed by atoms with E-state index in [2.05, 4.69) is 10.4 Å². The first-order valence-electron chi connectivity index (χ1n) is 9.10. The normalized spacial score (nSPS) is 12.8. The number of carbonyl (C=O) groups excluding carboxylic acids is 1. The van der Waals surface area contributed by atoms with E-state index in [4.69, 9.17) is 9.15 Å². The monoisotopic (exact) mass is 383 g/mol. The summed E-state index contributed by atoms with van der Waals surface area (Å²) in [6.45, 7) is 9.14. The van der Waals surface area contributed by atoms with Crippen molar-refractivity contribution in [3.05, 3.63) is 51.9 Å². The predicted octanol–water partition coefficient (Wildman–Crippen LogP) is 4.09. The van der Waals surface area contributed by atoms with E-state index in [1.165, 1.54) is 6.07 Å². The third kappa shape index (κ3) is 4.24. The lowest BCUT2D eigenvalue weighted by Crippen LogP contribution is -2.34. The van der Waals surface area contributed by atoms with Crippen molar-refractivity contribution >= 4 is 17.1 Å². The molecule has 0 bridgehead atoms. The Morgan fingerprint density at radius 1 is 1.29 bits per heavy atom. The van der Waals surface area contributed by atoms with Crippen molar-refractivity contribution in [2.75, 3.05) is 0 Å². The lowest BCUT2D eigenvalue weighted by Gasteiger charge is -2.22. The molecule has 0 spiro atoms. The van der Waals surface area contributed by atoms with Crippen LogP contribution in [0.2, 0.25) is 0 Å². The highest BCUT2D eigenvalue weighted by molar-refractivity contribution is 5.83. The van der Waals surface area contributed by atoms with Crippen molar-refractivity contribution < 1.29 is 13.9 Å². The Labute approximate surface area is 163 Å². The van der Waals surface area contributed by atoms with E-state index < -0.39 is 17.7 Å². The van der Waals surface area contributed by atoms with Crippen molar-refractivity contribution in [2.24, 2.45) is 7.05 Å². The molecule has 28 heavy (non-hydrogen) atoms. The number of hydrogen-bond acceptors (Lipinski definition) is 5. The topological polar surface area (TPSA) is 86.4 Å². The first kappa shape index (κ1) is 19.7. The van der Waals surface area contributed by atoms with Crippen LogP contribution in [0.1, 0.15) is 44.9 Å².